The van der Waals surface area contributed by atoms with Crippen molar-refractivity contribution in [3.8, 4) is 0 Å². The van der Waals surface area contributed by atoms with Crippen molar-refractivity contribution in [2.45, 2.75) is 71.5 Å². The van der Waals surface area contributed by atoms with Gasteiger partial charge < -0.3 is 15.6 Å². The quantitative estimate of drug-likeness (QED) is 0.639. The van der Waals surface area contributed by atoms with Gasteiger partial charge in [-0.3, -0.25) is 4.79 Å². The van der Waals surface area contributed by atoms with E-state index in [0.29, 0.717) is 30.6 Å². The van der Waals surface area contributed by atoms with Gasteiger partial charge in [-0.25, -0.2) is 0 Å². The second-order valence-electron chi connectivity index (χ2n) is 9.64. The molecule has 4 aliphatic rings. The van der Waals surface area contributed by atoms with Gasteiger partial charge in [0.2, 0.25) is 0 Å². The zero-order valence-corrected chi connectivity index (χ0v) is 15.6. The maximum absolute atomic E-state index is 12.9. The molecule has 3 saturated carbocycles. The van der Waals surface area contributed by atoms with E-state index < -0.39 is 12.2 Å². The Morgan fingerprint density at radius 3 is 2.44 bits per heavy atom. The van der Waals surface area contributed by atoms with Gasteiger partial charge in [0.1, 0.15) is 0 Å². The number of hydrogen-bond donors (Lipinski definition) is 3. The molecule has 0 saturated heterocycles. The lowest BCUT2D eigenvalue weighted by Crippen LogP contribution is -2.55. The van der Waals surface area contributed by atoms with Crippen molar-refractivity contribution in [1.82, 2.24) is 0 Å². The van der Waals surface area contributed by atoms with Gasteiger partial charge in [-0.15, -0.1) is 0 Å². The van der Waals surface area contributed by atoms with E-state index in [2.05, 4.69) is 13.8 Å². The second kappa shape index (κ2) is 5.50. The van der Waals surface area contributed by atoms with Crippen LogP contribution < -0.4 is 0 Å². The molecule has 138 valence electrons. The number of aliphatic hydroxyl groups excluding tert-OH is 2. The van der Waals surface area contributed by atoms with Crippen molar-refractivity contribution in [2.75, 3.05) is 0 Å². The molecule has 25 heavy (non-hydrogen) atoms. The molecular weight excluding hydrogens is 314 g/mol. The van der Waals surface area contributed by atoms with Crippen LogP contribution >= 0.6 is 0 Å². The summed E-state index contributed by atoms with van der Waals surface area (Å²) in [5.74, 6) is 1.05. The van der Waals surface area contributed by atoms with Crippen molar-refractivity contribution in [1.29, 1.82) is 5.41 Å². The maximum Gasteiger partial charge on any atom is 0.159 e. The summed E-state index contributed by atoms with van der Waals surface area (Å²) in [5, 5.41) is 28.6. The van der Waals surface area contributed by atoms with E-state index >= 15 is 0 Å². The SMILES string of the molecule is CC(=N)[C@H]1CC[C@@H]2C3=CC(=O)[C@@H]4C[C@@H](O)[C@@H](O)C[C@]4(C)C3CC[C@]12C. The third kappa shape index (κ3) is 2.26. The van der Waals surface area contributed by atoms with Crippen LogP contribution in [0.3, 0.4) is 0 Å². The summed E-state index contributed by atoms with van der Waals surface area (Å²) in [7, 11) is 0. The minimum Gasteiger partial charge on any atom is -0.390 e. The molecule has 1 unspecified atom stereocenters. The van der Waals surface area contributed by atoms with Crippen LogP contribution in [0.1, 0.15) is 59.3 Å². The van der Waals surface area contributed by atoms with Gasteiger partial charge in [0, 0.05) is 17.5 Å². The van der Waals surface area contributed by atoms with Gasteiger partial charge in [0.25, 0.3) is 0 Å². The van der Waals surface area contributed by atoms with Crippen LogP contribution in [0.25, 0.3) is 0 Å². The molecule has 3 fully saturated rings. The van der Waals surface area contributed by atoms with Gasteiger partial charge in [-0.2, -0.15) is 0 Å². The smallest absolute Gasteiger partial charge is 0.159 e. The van der Waals surface area contributed by atoms with Crippen LogP contribution in [0.5, 0.6) is 0 Å². The molecule has 4 heteroatoms. The Labute approximate surface area is 150 Å². The highest BCUT2D eigenvalue weighted by Gasteiger charge is 2.60. The Hall–Kier alpha value is -1.00. The van der Waals surface area contributed by atoms with Crippen molar-refractivity contribution in [2.24, 2.45) is 34.5 Å². The molecule has 0 amide bonds. The summed E-state index contributed by atoms with van der Waals surface area (Å²) in [6.07, 6.45) is 5.57. The zero-order chi connectivity index (χ0) is 18.1. The largest absolute Gasteiger partial charge is 0.390 e. The third-order valence-electron chi connectivity index (χ3n) is 8.45. The monoisotopic (exact) mass is 345 g/mol. The fraction of sp³-hybridized carbons (Fsp3) is 0.810. The van der Waals surface area contributed by atoms with Crippen LogP contribution in [0.15, 0.2) is 11.6 Å². The maximum atomic E-state index is 12.9. The topological polar surface area (TPSA) is 81.4 Å². The summed E-state index contributed by atoms with van der Waals surface area (Å²) in [6, 6.07) is 0. The average molecular weight is 345 g/mol. The Morgan fingerprint density at radius 1 is 1.08 bits per heavy atom. The van der Waals surface area contributed by atoms with Crippen molar-refractivity contribution < 1.29 is 15.0 Å². The van der Waals surface area contributed by atoms with Gasteiger partial charge >= 0.3 is 0 Å². The summed E-state index contributed by atoms with van der Waals surface area (Å²) in [5.41, 5.74) is 1.94. The lowest BCUT2D eigenvalue weighted by molar-refractivity contribution is -0.142. The minimum atomic E-state index is -0.776. The number of carbonyl (C=O) groups excluding carboxylic acids is 1. The third-order valence-corrected chi connectivity index (χ3v) is 8.45. The van der Waals surface area contributed by atoms with Crippen molar-refractivity contribution >= 4 is 11.5 Å². The van der Waals surface area contributed by atoms with Gasteiger partial charge in [0.05, 0.1) is 12.2 Å². The molecular formula is C21H31NO3. The van der Waals surface area contributed by atoms with E-state index in [1.54, 1.807) is 0 Å². The molecule has 0 radical (unpaired) electrons. The van der Waals surface area contributed by atoms with E-state index in [4.69, 9.17) is 5.41 Å². The van der Waals surface area contributed by atoms with Crippen molar-refractivity contribution in [3.63, 3.8) is 0 Å². The van der Waals surface area contributed by atoms with Crippen LogP contribution in [0, 0.1) is 39.9 Å². The normalized spacial score (nSPS) is 52.0. The molecule has 0 bridgehead atoms. The lowest BCUT2D eigenvalue weighted by Gasteiger charge is -2.57. The number of nitrogens with one attached hydrogen (secondary N) is 1. The predicted molar refractivity (Wildman–Crippen MR) is 96.4 cm³/mol. The van der Waals surface area contributed by atoms with Gasteiger partial charge in [0.15, 0.2) is 5.78 Å². The highest BCUT2D eigenvalue weighted by atomic mass is 16.3. The molecule has 0 aliphatic heterocycles. The Balaban J connectivity index is 1.74. The number of carbonyl (C=O) groups is 1. The van der Waals surface area contributed by atoms with E-state index in [9.17, 15) is 15.0 Å². The number of aliphatic hydroxyl groups is 2. The van der Waals surface area contributed by atoms with Gasteiger partial charge in [-0.1, -0.05) is 19.4 Å². The highest BCUT2D eigenvalue weighted by Crippen LogP contribution is 2.65. The summed E-state index contributed by atoms with van der Waals surface area (Å²) < 4.78 is 0. The number of fused-ring (bicyclic) bond motifs is 5. The van der Waals surface area contributed by atoms with Crippen LogP contribution in [-0.2, 0) is 4.79 Å². The fourth-order valence-corrected chi connectivity index (χ4v) is 7.11. The molecule has 0 heterocycles. The zero-order valence-electron chi connectivity index (χ0n) is 15.6. The number of hydrogen-bond acceptors (Lipinski definition) is 4. The van der Waals surface area contributed by atoms with Crippen molar-refractivity contribution in [3.05, 3.63) is 11.6 Å². The molecule has 0 aromatic heterocycles. The molecule has 8 atom stereocenters. The first-order valence-corrected chi connectivity index (χ1v) is 9.85. The Morgan fingerprint density at radius 2 is 1.76 bits per heavy atom. The second-order valence-corrected chi connectivity index (χ2v) is 9.64. The van der Waals surface area contributed by atoms with E-state index in [1.807, 2.05) is 13.0 Å². The first kappa shape index (κ1) is 17.4. The molecule has 4 nitrogen and oxygen atoms in total. The molecule has 0 aromatic rings. The molecule has 3 N–H and O–H groups in total. The Bertz CT molecular complexity index is 656. The number of rotatable bonds is 1. The van der Waals surface area contributed by atoms with E-state index in [1.165, 1.54) is 5.57 Å². The van der Waals surface area contributed by atoms with E-state index in [-0.39, 0.29) is 22.5 Å². The lowest BCUT2D eigenvalue weighted by atomic mass is 9.47. The van der Waals surface area contributed by atoms with E-state index in [0.717, 1.165) is 31.4 Å². The van der Waals surface area contributed by atoms with Crippen LogP contribution in [0.2, 0.25) is 0 Å². The van der Waals surface area contributed by atoms with Gasteiger partial charge in [-0.05, 0) is 74.2 Å². The molecule has 0 aromatic carbocycles. The van der Waals surface area contributed by atoms with Crippen LogP contribution in [0.4, 0.5) is 0 Å². The molecule has 0 spiro atoms. The predicted octanol–water partition coefficient (Wildman–Crippen LogP) is 3.12. The first-order chi connectivity index (χ1) is 11.7. The fourth-order valence-electron chi connectivity index (χ4n) is 7.11. The average Bonchev–Trinajstić information content (AvgIpc) is 2.88. The number of ketones is 1. The first-order valence-electron chi connectivity index (χ1n) is 9.85. The number of allylic oxidation sites excluding steroid dienone is 2. The minimum absolute atomic E-state index is 0.102. The highest BCUT2D eigenvalue weighted by molar-refractivity contribution is 5.94. The summed E-state index contributed by atoms with van der Waals surface area (Å²) in [4.78, 5) is 12.9. The van der Waals surface area contributed by atoms with Crippen LogP contribution in [-0.4, -0.2) is 33.9 Å². The molecule has 4 rings (SSSR count). The summed E-state index contributed by atoms with van der Waals surface area (Å²) in [6.45, 7) is 6.42. The molecule has 4 aliphatic carbocycles. The standard InChI is InChI=1S/C21H31NO3/c1-11(22)13-4-5-14-12-8-17(23)16-9-18(24)19(25)10-21(16,3)15(12)6-7-20(13,14)2/h8,13-16,18-19,22,24-25H,4-7,9-10H2,1-3H3/t13-,14-,15?,16+,18-,19+,20-,21-/m1/s1. The summed E-state index contributed by atoms with van der Waals surface area (Å²) >= 11 is 0. The Kier molecular flexibility index (Phi) is 3.83.